The molecular formula is C12H23ClN2O2. The van der Waals surface area contributed by atoms with E-state index in [1.165, 1.54) is 12.8 Å². The second-order valence-corrected chi connectivity index (χ2v) is 4.79. The molecular weight excluding hydrogens is 240 g/mol. The topological polar surface area (TPSA) is 41.6 Å². The molecule has 4 nitrogen and oxygen atoms in total. The Morgan fingerprint density at radius 3 is 2.76 bits per heavy atom. The number of nitrogens with zero attached hydrogens (tertiary/aromatic N) is 1. The second-order valence-electron chi connectivity index (χ2n) is 4.79. The minimum atomic E-state index is 0. The monoisotopic (exact) mass is 262 g/mol. The molecule has 0 bridgehead atoms. The summed E-state index contributed by atoms with van der Waals surface area (Å²) in [4.78, 5) is 14.2. The Morgan fingerprint density at radius 1 is 1.29 bits per heavy atom. The molecule has 5 heteroatoms. The predicted molar refractivity (Wildman–Crippen MR) is 69.5 cm³/mol. The van der Waals surface area contributed by atoms with Crippen LogP contribution in [0.25, 0.3) is 0 Å². The molecule has 0 spiro atoms. The molecule has 0 aliphatic carbocycles. The molecule has 1 amide bonds. The molecule has 0 aromatic heterocycles. The van der Waals surface area contributed by atoms with E-state index in [1.807, 2.05) is 4.90 Å². The lowest BCUT2D eigenvalue weighted by molar-refractivity contribution is -0.137. The summed E-state index contributed by atoms with van der Waals surface area (Å²) < 4.78 is 5.34. The van der Waals surface area contributed by atoms with Gasteiger partial charge in [-0.25, -0.2) is 0 Å². The third kappa shape index (κ3) is 3.83. The summed E-state index contributed by atoms with van der Waals surface area (Å²) in [5, 5.41) is 3.32. The lowest BCUT2D eigenvalue weighted by Crippen LogP contribution is -2.52. The van der Waals surface area contributed by atoms with Crippen molar-refractivity contribution in [3.63, 3.8) is 0 Å². The first-order chi connectivity index (χ1) is 7.81. The van der Waals surface area contributed by atoms with E-state index in [4.69, 9.17) is 4.74 Å². The van der Waals surface area contributed by atoms with Gasteiger partial charge in [0.15, 0.2) is 0 Å². The number of hydrogen-bond donors (Lipinski definition) is 1. The summed E-state index contributed by atoms with van der Waals surface area (Å²) in [7, 11) is 1.73. The summed E-state index contributed by atoms with van der Waals surface area (Å²) in [5.74, 6) is 0.279. The number of halogens is 1. The third-order valence-corrected chi connectivity index (χ3v) is 3.63. The van der Waals surface area contributed by atoms with Crippen LogP contribution in [0.4, 0.5) is 0 Å². The molecule has 2 heterocycles. The zero-order valence-corrected chi connectivity index (χ0v) is 11.3. The standard InChI is InChI=1S/C12H22N2O2.ClH/c1-16-10-5-4-8-14(9-10)12(15)11-6-2-3-7-13-11;/h10-11,13H,2-9H2,1H3;1H/t10?,11-;/m1./s1. The summed E-state index contributed by atoms with van der Waals surface area (Å²) >= 11 is 0. The van der Waals surface area contributed by atoms with Crippen molar-refractivity contribution in [2.24, 2.45) is 0 Å². The van der Waals surface area contributed by atoms with Gasteiger partial charge in [-0.3, -0.25) is 4.79 Å². The number of carbonyl (C=O) groups excluding carboxylic acids is 1. The predicted octanol–water partition coefficient (Wildman–Crippen LogP) is 1.19. The summed E-state index contributed by atoms with van der Waals surface area (Å²) in [6, 6.07) is 0.0596. The molecule has 17 heavy (non-hydrogen) atoms. The normalized spacial score (nSPS) is 29.6. The van der Waals surface area contributed by atoms with Gasteiger partial charge in [0.2, 0.25) is 5.91 Å². The zero-order valence-electron chi connectivity index (χ0n) is 10.5. The average molecular weight is 263 g/mol. The minimum absolute atomic E-state index is 0. The third-order valence-electron chi connectivity index (χ3n) is 3.63. The van der Waals surface area contributed by atoms with E-state index in [2.05, 4.69) is 5.32 Å². The summed E-state index contributed by atoms with van der Waals surface area (Å²) in [6.45, 7) is 2.66. The van der Waals surface area contributed by atoms with Gasteiger partial charge in [0.1, 0.15) is 0 Å². The molecule has 0 radical (unpaired) electrons. The number of likely N-dealkylation sites (tertiary alicyclic amines) is 1. The van der Waals surface area contributed by atoms with Crippen LogP contribution >= 0.6 is 12.4 Å². The maximum absolute atomic E-state index is 12.2. The Balaban J connectivity index is 0.00000144. The van der Waals surface area contributed by atoms with Crippen LogP contribution in [0.1, 0.15) is 32.1 Å². The van der Waals surface area contributed by atoms with Crippen molar-refractivity contribution >= 4 is 18.3 Å². The lowest BCUT2D eigenvalue weighted by atomic mass is 10.0. The van der Waals surface area contributed by atoms with E-state index in [9.17, 15) is 4.79 Å². The van der Waals surface area contributed by atoms with Crippen molar-refractivity contribution in [1.82, 2.24) is 10.2 Å². The van der Waals surface area contributed by atoms with Gasteiger partial charge < -0.3 is 15.0 Å². The minimum Gasteiger partial charge on any atom is -0.380 e. The number of piperidine rings is 2. The van der Waals surface area contributed by atoms with E-state index in [0.29, 0.717) is 0 Å². The number of methoxy groups -OCH3 is 1. The van der Waals surface area contributed by atoms with Gasteiger partial charge in [-0.2, -0.15) is 0 Å². The van der Waals surface area contributed by atoms with Crippen molar-refractivity contribution < 1.29 is 9.53 Å². The van der Waals surface area contributed by atoms with E-state index < -0.39 is 0 Å². The summed E-state index contributed by atoms with van der Waals surface area (Å²) in [6.07, 6.45) is 5.75. The van der Waals surface area contributed by atoms with Crippen molar-refractivity contribution in [1.29, 1.82) is 0 Å². The first-order valence-corrected chi connectivity index (χ1v) is 6.36. The zero-order chi connectivity index (χ0) is 11.4. The fourth-order valence-corrected chi connectivity index (χ4v) is 2.61. The van der Waals surface area contributed by atoms with Gasteiger partial charge in [0.05, 0.1) is 12.1 Å². The Labute approximate surface area is 109 Å². The van der Waals surface area contributed by atoms with Gasteiger partial charge in [0, 0.05) is 20.2 Å². The number of hydrogen-bond acceptors (Lipinski definition) is 3. The van der Waals surface area contributed by atoms with E-state index in [-0.39, 0.29) is 30.5 Å². The van der Waals surface area contributed by atoms with Gasteiger partial charge in [-0.05, 0) is 32.2 Å². The number of carbonyl (C=O) groups is 1. The molecule has 1 unspecified atom stereocenters. The van der Waals surface area contributed by atoms with Gasteiger partial charge >= 0.3 is 0 Å². The highest BCUT2D eigenvalue weighted by molar-refractivity contribution is 5.85. The van der Waals surface area contributed by atoms with Crippen LogP contribution in [0.2, 0.25) is 0 Å². The molecule has 100 valence electrons. The molecule has 2 aliphatic rings. The van der Waals surface area contributed by atoms with Crippen LogP contribution in [-0.2, 0) is 9.53 Å². The maximum atomic E-state index is 12.2. The second kappa shape index (κ2) is 7.19. The van der Waals surface area contributed by atoms with E-state index in [1.54, 1.807) is 7.11 Å². The maximum Gasteiger partial charge on any atom is 0.239 e. The fourth-order valence-electron chi connectivity index (χ4n) is 2.61. The first-order valence-electron chi connectivity index (χ1n) is 6.36. The summed E-state index contributed by atoms with van der Waals surface area (Å²) in [5.41, 5.74) is 0. The lowest BCUT2D eigenvalue weighted by Gasteiger charge is -2.35. The molecule has 1 N–H and O–H groups in total. The van der Waals surface area contributed by atoms with Crippen LogP contribution in [0.5, 0.6) is 0 Å². The van der Waals surface area contributed by atoms with Crippen LogP contribution in [-0.4, -0.2) is 49.7 Å². The van der Waals surface area contributed by atoms with E-state index >= 15 is 0 Å². The molecule has 2 atom stereocenters. The SMILES string of the molecule is COC1CCCN(C(=O)[C@H]2CCCCN2)C1.Cl. The molecule has 2 aliphatic heterocycles. The smallest absolute Gasteiger partial charge is 0.239 e. The highest BCUT2D eigenvalue weighted by Gasteiger charge is 2.29. The van der Waals surface area contributed by atoms with Gasteiger partial charge in [-0.15, -0.1) is 12.4 Å². The molecule has 2 saturated heterocycles. The molecule has 2 fully saturated rings. The van der Waals surface area contributed by atoms with Crippen molar-refractivity contribution in [2.45, 2.75) is 44.2 Å². The van der Waals surface area contributed by atoms with Crippen molar-refractivity contribution in [2.75, 3.05) is 26.7 Å². The molecule has 0 saturated carbocycles. The van der Waals surface area contributed by atoms with Crippen LogP contribution in [0.15, 0.2) is 0 Å². The fraction of sp³-hybridized carbons (Fsp3) is 0.917. The van der Waals surface area contributed by atoms with E-state index in [0.717, 1.165) is 38.9 Å². The Hall–Kier alpha value is -0.320. The van der Waals surface area contributed by atoms with Gasteiger partial charge in [-0.1, -0.05) is 6.42 Å². The average Bonchev–Trinajstić information content (AvgIpc) is 2.39. The van der Waals surface area contributed by atoms with Crippen LogP contribution in [0, 0.1) is 0 Å². The molecule has 0 aromatic rings. The quantitative estimate of drug-likeness (QED) is 0.813. The Morgan fingerprint density at radius 2 is 2.12 bits per heavy atom. The number of rotatable bonds is 2. The number of nitrogens with one attached hydrogen (secondary N) is 1. The van der Waals surface area contributed by atoms with Gasteiger partial charge in [0.25, 0.3) is 0 Å². The molecule has 2 rings (SSSR count). The molecule has 0 aromatic carbocycles. The first kappa shape index (κ1) is 14.7. The Bertz CT molecular complexity index is 245. The largest absolute Gasteiger partial charge is 0.380 e. The van der Waals surface area contributed by atoms with Crippen LogP contribution in [0.3, 0.4) is 0 Å². The Kier molecular flexibility index (Phi) is 6.23. The number of amides is 1. The van der Waals surface area contributed by atoms with Crippen molar-refractivity contribution in [3.8, 4) is 0 Å². The highest BCUT2D eigenvalue weighted by atomic mass is 35.5. The highest BCUT2D eigenvalue weighted by Crippen LogP contribution is 2.16. The number of ether oxygens (including phenoxy) is 1. The van der Waals surface area contributed by atoms with Crippen LogP contribution < -0.4 is 5.32 Å². The van der Waals surface area contributed by atoms with Crippen molar-refractivity contribution in [3.05, 3.63) is 0 Å².